The number of likely N-dealkylation sites (N-methyl/N-ethyl adjacent to an activating group) is 1. The zero-order valence-corrected chi connectivity index (χ0v) is 28.5. The summed E-state index contributed by atoms with van der Waals surface area (Å²) in [4.78, 5) is 29.5. The van der Waals surface area contributed by atoms with E-state index in [9.17, 15) is 18.0 Å². The summed E-state index contributed by atoms with van der Waals surface area (Å²) in [7, 11) is -2.26. The number of methoxy groups -OCH3 is 1. The van der Waals surface area contributed by atoms with E-state index in [4.69, 9.17) is 4.74 Å². The second-order valence-electron chi connectivity index (χ2n) is 14.0. The minimum Gasteiger partial charge on any atom is -0.497 e. The van der Waals surface area contributed by atoms with E-state index < -0.39 is 28.5 Å². The minimum atomic E-state index is -3.84. The number of benzene rings is 3. The first-order valence-electron chi connectivity index (χ1n) is 16.9. The van der Waals surface area contributed by atoms with Gasteiger partial charge in [-0.15, -0.1) is 0 Å². The van der Waals surface area contributed by atoms with Crippen LogP contribution in [0.2, 0.25) is 0 Å². The molecule has 3 aromatic rings. The molecule has 0 aromatic heterocycles. The van der Waals surface area contributed by atoms with Crippen LogP contribution in [0, 0.1) is 17.8 Å². The number of hydrogen-bond acceptors (Lipinski definition) is 5. The van der Waals surface area contributed by atoms with Gasteiger partial charge in [-0.05, 0) is 110 Å². The molecule has 0 aliphatic heterocycles. The van der Waals surface area contributed by atoms with Crippen molar-refractivity contribution < 1.29 is 22.7 Å². The van der Waals surface area contributed by atoms with Gasteiger partial charge in [0.2, 0.25) is 21.8 Å². The molecule has 1 atom stereocenters. The van der Waals surface area contributed by atoms with E-state index in [0.29, 0.717) is 18.0 Å². The predicted octanol–water partition coefficient (Wildman–Crippen LogP) is 5.71. The van der Waals surface area contributed by atoms with Crippen molar-refractivity contribution in [1.82, 2.24) is 10.2 Å². The lowest BCUT2D eigenvalue weighted by atomic mass is 9.48. The molecule has 47 heavy (non-hydrogen) atoms. The zero-order chi connectivity index (χ0) is 33.2. The van der Waals surface area contributed by atoms with Crippen LogP contribution in [-0.2, 0) is 38.0 Å². The number of hydrogen-bond donors (Lipinski definition) is 1. The molecular weight excluding hydrogens is 611 g/mol. The molecule has 4 saturated carbocycles. The number of amides is 2. The van der Waals surface area contributed by atoms with Crippen LogP contribution in [0.25, 0.3) is 0 Å². The van der Waals surface area contributed by atoms with Crippen LogP contribution in [0.1, 0.15) is 62.1 Å². The number of sulfonamides is 1. The molecule has 2 amide bonds. The molecule has 8 nitrogen and oxygen atoms in total. The van der Waals surface area contributed by atoms with Crippen molar-refractivity contribution in [2.24, 2.45) is 17.8 Å². The molecule has 4 aliphatic carbocycles. The summed E-state index contributed by atoms with van der Waals surface area (Å²) in [5, 5.41) is 2.90. The van der Waals surface area contributed by atoms with E-state index >= 15 is 0 Å². The van der Waals surface area contributed by atoms with Gasteiger partial charge in [-0.1, -0.05) is 54.6 Å². The number of anilines is 1. The minimum absolute atomic E-state index is 0.104. The summed E-state index contributed by atoms with van der Waals surface area (Å²) in [6.45, 7) is 1.92. The quantitative estimate of drug-likeness (QED) is 0.254. The van der Waals surface area contributed by atoms with Gasteiger partial charge in [0.25, 0.3) is 0 Å². The highest BCUT2D eigenvalue weighted by Crippen LogP contribution is 2.60. The van der Waals surface area contributed by atoms with Crippen molar-refractivity contribution in [1.29, 1.82) is 0 Å². The molecule has 250 valence electrons. The van der Waals surface area contributed by atoms with E-state index in [1.54, 1.807) is 7.11 Å². The fourth-order valence-corrected chi connectivity index (χ4v) is 9.72. The number of ether oxygens (including phenoxy) is 1. The summed E-state index contributed by atoms with van der Waals surface area (Å²) in [5.74, 6) is 2.28. The smallest absolute Gasteiger partial charge is 0.244 e. The highest BCUT2D eigenvalue weighted by atomic mass is 32.2. The van der Waals surface area contributed by atoms with E-state index in [1.165, 1.54) is 53.3 Å². The summed E-state index contributed by atoms with van der Waals surface area (Å²) < 4.78 is 33.2. The van der Waals surface area contributed by atoms with Crippen LogP contribution < -0.4 is 14.4 Å². The average molecular weight is 658 g/mol. The Morgan fingerprint density at radius 2 is 1.51 bits per heavy atom. The van der Waals surface area contributed by atoms with E-state index in [1.807, 2.05) is 73.7 Å². The van der Waals surface area contributed by atoms with Crippen molar-refractivity contribution in [2.75, 3.05) is 30.8 Å². The Hall–Kier alpha value is -3.85. The molecule has 4 bridgehead atoms. The fraction of sp³-hybridized carbons (Fsp3) is 0.474. The monoisotopic (exact) mass is 657 g/mol. The lowest BCUT2D eigenvalue weighted by Crippen LogP contribution is -2.53. The molecule has 3 aromatic carbocycles. The molecule has 9 heteroatoms. The maximum absolute atomic E-state index is 14.4. The van der Waals surface area contributed by atoms with Gasteiger partial charge in [-0.2, -0.15) is 0 Å². The van der Waals surface area contributed by atoms with Crippen LogP contribution in [0.4, 0.5) is 5.69 Å². The Kier molecular flexibility index (Phi) is 9.65. The van der Waals surface area contributed by atoms with Crippen molar-refractivity contribution in [3.05, 3.63) is 95.6 Å². The molecule has 1 N–H and O–H groups in total. The van der Waals surface area contributed by atoms with Crippen molar-refractivity contribution in [3.8, 4) is 5.75 Å². The van der Waals surface area contributed by atoms with Crippen LogP contribution in [0.3, 0.4) is 0 Å². The molecule has 4 fully saturated rings. The molecule has 7 rings (SSSR count). The van der Waals surface area contributed by atoms with Crippen LogP contribution in [0.5, 0.6) is 5.75 Å². The van der Waals surface area contributed by atoms with Crippen molar-refractivity contribution >= 4 is 27.5 Å². The number of nitrogens with one attached hydrogen (secondary N) is 1. The number of nitrogens with zero attached hydrogens (tertiary/aromatic N) is 2. The Morgan fingerprint density at radius 1 is 0.894 bits per heavy atom. The molecule has 0 saturated heterocycles. The first-order chi connectivity index (χ1) is 22.6. The molecular formula is C38H47N3O5S. The maximum Gasteiger partial charge on any atom is 0.244 e. The van der Waals surface area contributed by atoms with Gasteiger partial charge in [0.1, 0.15) is 18.3 Å². The zero-order valence-electron chi connectivity index (χ0n) is 27.7. The van der Waals surface area contributed by atoms with Gasteiger partial charge in [0.15, 0.2) is 0 Å². The normalized spacial score (nSPS) is 23.6. The van der Waals surface area contributed by atoms with Crippen LogP contribution in [-0.4, -0.2) is 57.6 Å². The first-order valence-corrected chi connectivity index (χ1v) is 18.7. The third kappa shape index (κ3) is 7.35. The maximum atomic E-state index is 14.4. The second kappa shape index (κ2) is 13.7. The van der Waals surface area contributed by atoms with Crippen LogP contribution >= 0.6 is 0 Å². The topological polar surface area (TPSA) is 96.0 Å². The second-order valence-corrected chi connectivity index (χ2v) is 15.9. The average Bonchev–Trinajstić information content (AvgIpc) is 3.05. The molecule has 4 aliphatic rings. The fourth-order valence-electron chi connectivity index (χ4n) is 8.87. The predicted molar refractivity (Wildman–Crippen MR) is 185 cm³/mol. The third-order valence-corrected chi connectivity index (χ3v) is 11.7. The highest BCUT2D eigenvalue weighted by Gasteiger charge is 2.51. The Morgan fingerprint density at radius 3 is 2.09 bits per heavy atom. The summed E-state index contributed by atoms with van der Waals surface area (Å²) in [5.41, 5.74) is 3.59. The van der Waals surface area contributed by atoms with E-state index in [0.717, 1.165) is 35.1 Å². The standard InChI is InChI=1S/C38H47N3O5S/c1-4-39-37(43)35(21-27-9-6-5-7-10-27)40(25-28-11-8-12-34(20-28)46-2)36(42)26-41(47(3,44)45)33-15-13-32(14-16-33)38-22-29-17-30(23-38)19-31(18-29)24-38/h5-16,20,29-31,35H,4,17-19,21-26H2,1-3H3,(H,39,43)/t29?,30?,31?,35-,38?/m0/s1. The lowest BCUT2D eigenvalue weighted by molar-refractivity contribution is -0.140. The summed E-state index contributed by atoms with van der Waals surface area (Å²) in [6, 6.07) is 23.9. The SMILES string of the molecule is CCNC(=O)[C@H](Cc1ccccc1)N(Cc1cccc(OC)c1)C(=O)CN(c1ccc(C23CC4CC(CC(C4)C2)C3)cc1)S(C)(=O)=O. The van der Waals surface area contributed by atoms with E-state index in [-0.39, 0.29) is 24.3 Å². The highest BCUT2D eigenvalue weighted by molar-refractivity contribution is 7.92. The van der Waals surface area contributed by atoms with Gasteiger partial charge in [0.05, 0.1) is 19.1 Å². The van der Waals surface area contributed by atoms with Gasteiger partial charge in [-0.25, -0.2) is 8.42 Å². The molecule has 0 radical (unpaired) electrons. The van der Waals surface area contributed by atoms with Gasteiger partial charge < -0.3 is 15.0 Å². The van der Waals surface area contributed by atoms with Crippen molar-refractivity contribution in [2.45, 2.75) is 69.9 Å². The summed E-state index contributed by atoms with van der Waals surface area (Å²) >= 11 is 0. The Labute approximate surface area is 279 Å². The van der Waals surface area contributed by atoms with Gasteiger partial charge in [-0.3, -0.25) is 13.9 Å². The number of carbonyl (C=O) groups is 2. The lowest BCUT2D eigenvalue weighted by Gasteiger charge is -2.57. The molecule has 0 spiro atoms. The van der Waals surface area contributed by atoms with Crippen LogP contribution in [0.15, 0.2) is 78.9 Å². The first kappa shape index (κ1) is 33.1. The number of carbonyl (C=O) groups excluding carboxylic acids is 2. The third-order valence-electron chi connectivity index (χ3n) is 10.6. The largest absolute Gasteiger partial charge is 0.497 e. The Bertz CT molecular complexity index is 1640. The Balaban J connectivity index is 1.30. The molecule has 0 heterocycles. The van der Waals surface area contributed by atoms with E-state index in [2.05, 4.69) is 17.4 Å². The van der Waals surface area contributed by atoms with Crippen molar-refractivity contribution in [3.63, 3.8) is 0 Å². The number of rotatable bonds is 13. The van der Waals surface area contributed by atoms with Gasteiger partial charge in [0, 0.05) is 19.5 Å². The summed E-state index contributed by atoms with van der Waals surface area (Å²) in [6.07, 6.45) is 9.13. The molecule has 0 unspecified atom stereocenters. The van der Waals surface area contributed by atoms with Gasteiger partial charge >= 0.3 is 0 Å².